The van der Waals surface area contributed by atoms with Crippen molar-refractivity contribution in [3.63, 3.8) is 0 Å². The quantitative estimate of drug-likeness (QED) is 0.705. The van der Waals surface area contributed by atoms with Gasteiger partial charge in [-0.1, -0.05) is 45.4 Å². The Hall–Kier alpha value is -0.820. The second-order valence-electron chi connectivity index (χ2n) is 6.98. The molecular formula is C20H33N. The van der Waals surface area contributed by atoms with E-state index in [1.807, 2.05) is 0 Å². The number of nitrogens with one attached hydrogen (secondary N) is 1. The molecule has 0 saturated carbocycles. The summed E-state index contributed by atoms with van der Waals surface area (Å²) in [5.41, 5.74) is 4.66. The van der Waals surface area contributed by atoms with Crippen molar-refractivity contribution in [2.24, 2.45) is 5.92 Å². The first-order valence-electron chi connectivity index (χ1n) is 9.01. The van der Waals surface area contributed by atoms with Crippen molar-refractivity contribution in [3.8, 4) is 0 Å². The van der Waals surface area contributed by atoms with Gasteiger partial charge in [-0.3, -0.25) is 0 Å². The molecule has 1 aliphatic rings. The molecule has 21 heavy (non-hydrogen) atoms. The number of hydrogen-bond donors (Lipinski definition) is 1. The summed E-state index contributed by atoms with van der Waals surface area (Å²) in [5, 5.41) is 3.85. The van der Waals surface area contributed by atoms with Crippen LogP contribution in [0.2, 0.25) is 0 Å². The highest BCUT2D eigenvalue weighted by Crippen LogP contribution is 2.25. The first-order chi connectivity index (χ1) is 10.1. The number of fused-ring (bicyclic) bond motifs is 1. The van der Waals surface area contributed by atoms with Crippen LogP contribution in [0.15, 0.2) is 18.2 Å². The van der Waals surface area contributed by atoms with Crippen LogP contribution < -0.4 is 5.32 Å². The average molecular weight is 287 g/mol. The number of rotatable bonds is 7. The van der Waals surface area contributed by atoms with Crippen LogP contribution in [0.3, 0.4) is 0 Å². The van der Waals surface area contributed by atoms with E-state index in [1.165, 1.54) is 50.5 Å². The van der Waals surface area contributed by atoms with E-state index in [9.17, 15) is 0 Å². The van der Waals surface area contributed by atoms with Crippen molar-refractivity contribution >= 4 is 0 Å². The summed E-state index contributed by atoms with van der Waals surface area (Å²) in [6, 6.07) is 8.29. The third-order valence-electron chi connectivity index (χ3n) is 5.23. The van der Waals surface area contributed by atoms with E-state index in [0.717, 1.165) is 5.92 Å². The van der Waals surface area contributed by atoms with Crippen LogP contribution in [0, 0.1) is 5.92 Å². The fraction of sp³-hybridized carbons (Fsp3) is 0.700. The highest BCUT2D eigenvalue weighted by atomic mass is 14.9. The minimum Gasteiger partial charge on any atom is -0.307 e. The molecular weight excluding hydrogens is 254 g/mol. The zero-order chi connectivity index (χ0) is 15.2. The molecule has 1 aliphatic carbocycles. The van der Waals surface area contributed by atoms with E-state index in [2.05, 4.69) is 51.2 Å². The molecule has 1 N–H and O–H groups in total. The Morgan fingerprint density at radius 3 is 2.38 bits per heavy atom. The average Bonchev–Trinajstić information content (AvgIpc) is 2.53. The Morgan fingerprint density at radius 2 is 1.71 bits per heavy atom. The maximum atomic E-state index is 3.85. The second kappa shape index (κ2) is 7.98. The smallest absolute Gasteiger partial charge is 0.0294 e. The third-order valence-corrected chi connectivity index (χ3v) is 5.23. The molecule has 0 radical (unpaired) electrons. The van der Waals surface area contributed by atoms with E-state index in [0.29, 0.717) is 12.1 Å². The second-order valence-corrected chi connectivity index (χ2v) is 6.98. The van der Waals surface area contributed by atoms with E-state index in [1.54, 1.807) is 11.1 Å². The minimum absolute atomic E-state index is 0.464. The highest BCUT2D eigenvalue weighted by Gasteiger charge is 2.16. The van der Waals surface area contributed by atoms with E-state index < -0.39 is 0 Å². The summed E-state index contributed by atoms with van der Waals surface area (Å²) in [6.45, 7) is 9.29. The van der Waals surface area contributed by atoms with Gasteiger partial charge in [0.25, 0.3) is 0 Å². The Labute approximate surface area is 131 Å². The molecule has 118 valence electrons. The maximum Gasteiger partial charge on any atom is 0.0294 e. The van der Waals surface area contributed by atoms with Gasteiger partial charge < -0.3 is 5.32 Å². The van der Waals surface area contributed by atoms with Gasteiger partial charge >= 0.3 is 0 Å². The summed E-state index contributed by atoms with van der Waals surface area (Å²) in [5.74, 6) is 0.818. The molecule has 3 unspecified atom stereocenters. The number of hydrogen-bond acceptors (Lipinski definition) is 1. The van der Waals surface area contributed by atoms with Gasteiger partial charge in [-0.05, 0) is 68.1 Å². The Balaban J connectivity index is 2.00. The van der Waals surface area contributed by atoms with Crippen molar-refractivity contribution in [2.45, 2.75) is 84.7 Å². The lowest BCUT2D eigenvalue weighted by atomic mass is 9.89. The van der Waals surface area contributed by atoms with Crippen LogP contribution in [0.4, 0.5) is 0 Å². The van der Waals surface area contributed by atoms with Gasteiger partial charge in [0.05, 0.1) is 0 Å². The zero-order valence-corrected chi connectivity index (χ0v) is 14.4. The molecule has 2 rings (SSSR count). The first-order valence-corrected chi connectivity index (χ1v) is 9.01. The molecule has 0 saturated heterocycles. The molecule has 0 amide bonds. The fourth-order valence-corrected chi connectivity index (χ4v) is 3.48. The molecule has 0 heterocycles. The molecule has 0 aliphatic heterocycles. The van der Waals surface area contributed by atoms with Crippen LogP contribution in [-0.4, -0.2) is 6.04 Å². The lowest BCUT2D eigenvalue weighted by Crippen LogP contribution is -2.32. The summed E-state index contributed by atoms with van der Waals surface area (Å²) >= 11 is 0. The predicted octanol–water partition coefficient (Wildman–Crippen LogP) is 5.43. The van der Waals surface area contributed by atoms with Crippen LogP contribution in [0.25, 0.3) is 0 Å². The number of benzene rings is 1. The largest absolute Gasteiger partial charge is 0.307 e. The summed E-state index contributed by atoms with van der Waals surface area (Å²) in [4.78, 5) is 0. The molecule has 1 heteroatoms. The highest BCUT2D eigenvalue weighted by molar-refractivity contribution is 5.35. The van der Waals surface area contributed by atoms with Gasteiger partial charge in [-0.15, -0.1) is 0 Å². The summed E-state index contributed by atoms with van der Waals surface area (Å²) in [7, 11) is 0. The van der Waals surface area contributed by atoms with E-state index in [-0.39, 0.29) is 0 Å². The van der Waals surface area contributed by atoms with Gasteiger partial charge in [-0.25, -0.2) is 0 Å². The molecule has 1 aromatic carbocycles. The van der Waals surface area contributed by atoms with Gasteiger partial charge in [0.15, 0.2) is 0 Å². The summed E-state index contributed by atoms with van der Waals surface area (Å²) < 4.78 is 0. The molecule has 0 bridgehead atoms. The Kier molecular flexibility index (Phi) is 6.29. The molecule has 1 aromatic rings. The molecule has 0 spiro atoms. The minimum atomic E-state index is 0.464. The van der Waals surface area contributed by atoms with Gasteiger partial charge in [-0.2, -0.15) is 0 Å². The topological polar surface area (TPSA) is 12.0 Å². The molecule has 3 atom stereocenters. The van der Waals surface area contributed by atoms with Crippen molar-refractivity contribution in [1.82, 2.24) is 5.32 Å². The number of aryl methyl sites for hydroxylation is 2. The van der Waals surface area contributed by atoms with Crippen LogP contribution in [0.5, 0.6) is 0 Å². The van der Waals surface area contributed by atoms with Crippen molar-refractivity contribution in [3.05, 3.63) is 34.9 Å². The lowest BCUT2D eigenvalue weighted by Gasteiger charge is -2.26. The van der Waals surface area contributed by atoms with Crippen LogP contribution in [0.1, 0.15) is 82.5 Å². The van der Waals surface area contributed by atoms with Crippen molar-refractivity contribution < 1.29 is 0 Å². The van der Waals surface area contributed by atoms with Gasteiger partial charge in [0.2, 0.25) is 0 Å². The zero-order valence-electron chi connectivity index (χ0n) is 14.4. The predicted molar refractivity (Wildman–Crippen MR) is 92.8 cm³/mol. The van der Waals surface area contributed by atoms with Gasteiger partial charge in [0.1, 0.15) is 0 Å². The first kappa shape index (κ1) is 16.5. The Morgan fingerprint density at radius 1 is 1.00 bits per heavy atom. The van der Waals surface area contributed by atoms with E-state index in [4.69, 9.17) is 0 Å². The monoisotopic (exact) mass is 287 g/mol. The fourth-order valence-electron chi connectivity index (χ4n) is 3.48. The van der Waals surface area contributed by atoms with Crippen LogP contribution >= 0.6 is 0 Å². The van der Waals surface area contributed by atoms with Crippen molar-refractivity contribution in [1.29, 1.82) is 0 Å². The van der Waals surface area contributed by atoms with Crippen molar-refractivity contribution in [2.75, 3.05) is 0 Å². The van der Waals surface area contributed by atoms with Crippen LogP contribution in [-0.2, 0) is 12.8 Å². The Bertz CT molecular complexity index is 437. The van der Waals surface area contributed by atoms with E-state index >= 15 is 0 Å². The van der Waals surface area contributed by atoms with Gasteiger partial charge in [0, 0.05) is 12.1 Å². The maximum absolute atomic E-state index is 3.85. The third kappa shape index (κ3) is 4.57. The standard InChI is InChI=1S/C20H33N/c1-5-15(3)13-20(6-2)21-16(4)18-12-11-17-9-7-8-10-19(17)14-18/h11-12,14-16,20-21H,5-10,13H2,1-4H3. The SMILES string of the molecule is CCC(C)CC(CC)NC(C)c1ccc2c(c1)CCCC2. The lowest BCUT2D eigenvalue weighted by molar-refractivity contribution is 0.359. The molecule has 0 fully saturated rings. The molecule has 1 nitrogen and oxygen atoms in total. The normalized spacial score (nSPS) is 18.9. The summed E-state index contributed by atoms with van der Waals surface area (Å²) in [6.07, 6.45) is 9.09. The molecule has 0 aromatic heterocycles.